The first-order valence-corrected chi connectivity index (χ1v) is 6.38. The Balaban J connectivity index is 1.68. The predicted molar refractivity (Wildman–Crippen MR) is 73.3 cm³/mol. The standard InChI is InChI=1S/C14H16N4O/c1-6-16-14(17-7-1)18-12-4-2-11(3-5-12)13-10-15-8-9-19-13/h1-7,13,15H,8-10H2,(H,16,17,18)/t13-/m0/s1. The zero-order chi connectivity index (χ0) is 12.9. The molecule has 0 radical (unpaired) electrons. The molecule has 5 nitrogen and oxygen atoms in total. The van der Waals surface area contributed by atoms with E-state index in [0.717, 1.165) is 25.4 Å². The fourth-order valence-electron chi connectivity index (χ4n) is 2.05. The third-order valence-corrected chi connectivity index (χ3v) is 3.03. The van der Waals surface area contributed by atoms with E-state index in [-0.39, 0.29) is 6.10 Å². The van der Waals surface area contributed by atoms with E-state index in [2.05, 4.69) is 32.7 Å². The van der Waals surface area contributed by atoms with Crippen molar-refractivity contribution in [2.45, 2.75) is 6.10 Å². The molecule has 3 rings (SSSR count). The summed E-state index contributed by atoms with van der Waals surface area (Å²) in [5, 5.41) is 6.48. The lowest BCUT2D eigenvalue weighted by molar-refractivity contribution is 0.0277. The highest BCUT2D eigenvalue weighted by Crippen LogP contribution is 2.21. The lowest BCUT2D eigenvalue weighted by Gasteiger charge is -2.24. The Morgan fingerprint density at radius 1 is 1.16 bits per heavy atom. The molecule has 1 aromatic carbocycles. The first-order valence-electron chi connectivity index (χ1n) is 6.38. The number of hydrogen-bond acceptors (Lipinski definition) is 5. The first-order chi connectivity index (χ1) is 9.42. The van der Waals surface area contributed by atoms with Gasteiger partial charge in [0, 0.05) is 31.2 Å². The van der Waals surface area contributed by atoms with Gasteiger partial charge in [0.05, 0.1) is 12.7 Å². The van der Waals surface area contributed by atoms with E-state index in [1.54, 1.807) is 18.5 Å². The Hall–Kier alpha value is -1.98. The first kappa shape index (κ1) is 12.1. The van der Waals surface area contributed by atoms with E-state index in [4.69, 9.17) is 4.74 Å². The van der Waals surface area contributed by atoms with Gasteiger partial charge in [-0.2, -0.15) is 0 Å². The van der Waals surface area contributed by atoms with Crippen molar-refractivity contribution in [3.05, 3.63) is 48.3 Å². The van der Waals surface area contributed by atoms with Crippen molar-refractivity contribution in [2.24, 2.45) is 0 Å². The van der Waals surface area contributed by atoms with Gasteiger partial charge in [-0.3, -0.25) is 0 Å². The number of nitrogens with one attached hydrogen (secondary N) is 2. The quantitative estimate of drug-likeness (QED) is 0.878. The zero-order valence-electron chi connectivity index (χ0n) is 10.5. The summed E-state index contributed by atoms with van der Waals surface area (Å²) in [5.74, 6) is 0.603. The van der Waals surface area contributed by atoms with Gasteiger partial charge in [-0.25, -0.2) is 9.97 Å². The summed E-state index contributed by atoms with van der Waals surface area (Å²) in [7, 11) is 0. The fraction of sp³-hybridized carbons (Fsp3) is 0.286. The number of ether oxygens (including phenoxy) is 1. The predicted octanol–water partition coefficient (Wildman–Crippen LogP) is 1.88. The Morgan fingerprint density at radius 2 is 1.95 bits per heavy atom. The molecule has 1 aliphatic rings. The van der Waals surface area contributed by atoms with Gasteiger partial charge < -0.3 is 15.4 Å². The van der Waals surface area contributed by atoms with Crippen LogP contribution < -0.4 is 10.6 Å². The molecule has 0 spiro atoms. The van der Waals surface area contributed by atoms with Gasteiger partial charge in [-0.05, 0) is 23.8 Å². The molecule has 19 heavy (non-hydrogen) atoms. The SMILES string of the molecule is c1cnc(Nc2ccc([C@@H]3CNCCO3)cc2)nc1. The van der Waals surface area contributed by atoms with Crippen molar-refractivity contribution in [1.29, 1.82) is 0 Å². The van der Waals surface area contributed by atoms with Gasteiger partial charge >= 0.3 is 0 Å². The largest absolute Gasteiger partial charge is 0.371 e. The molecule has 2 N–H and O–H groups in total. The fourth-order valence-corrected chi connectivity index (χ4v) is 2.05. The molecule has 1 aliphatic heterocycles. The Kier molecular flexibility index (Phi) is 3.67. The molecule has 98 valence electrons. The van der Waals surface area contributed by atoms with Crippen LogP contribution in [0, 0.1) is 0 Å². The van der Waals surface area contributed by atoms with Crippen molar-refractivity contribution < 1.29 is 4.74 Å². The highest BCUT2D eigenvalue weighted by Gasteiger charge is 2.15. The van der Waals surface area contributed by atoms with Crippen molar-refractivity contribution in [1.82, 2.24) is 15.3 Å². The molecule has 1 atom stereocenters. The Morgan fingerprint density at radius 3 is 2.63 bits per heavy atom. The van der Waals surface area contributed by atoms with Crippen molar-refractivity contribution in [2.75, 3.05) is 25.0 Å². The molecule has 1 aromatic heterocycles. The van der Waals surface area contributed by atoms with Crippen LogP contribution in [0.25, 0.3) is 0 Å². The zero-order valence-corrected chi connectivity index (χ0v) is 10.5. The second-order valence-electron chi connectivity index (χ2n) is 4.38. The van der Waals surface area contributed by atoms with E-state index in [1.807, 2.05) is 12.1 Å². The van der Waals surface area contributed by atoms with Gasteiger partial charge in [0.2, 0.25) is 5.95 Å². The monoisotopic (exact) mass is 256 g/mol. The van der Waals surface area contributed by atoms with Crippen molar-refractivity contribution in [3.8, 4) is 0 Å². The van der Waals surface area contributed by atoms with E-state index in [0.29, 0.717) is 5.95 Å². The third kappa shape index (κ3) is 3.07. The van der Waals surface area contributed by atoms with E-state index >= 15 is 0 Å². The second kappa shape index (κ2) is 5.77. The van der Waals surface area contributed by atoms with Crippen LogP contribution in [0.5, 0.6) is 0 Å². The molecule has 2 heterocycles. The van der Waals surface area contributed by atoms with Gasteiger partial charge in [-0.1, -0.05) is 12.1 Å². The van der Waals surface area contributed by atoms with E-state index in [9.17, 15) is 0 Å². The van der Waals surface area contributed by atoms with Crippen LogP contribution in [-0.2, 0) is 4.74 Å². The van der Waals surface area contributed by atoms with Crippen LogP contribution in [0.4, 0.5) is 11.6 Å². The lowest BCUT2D eigenvalue weighted by atomic mass is 10.1. The molecule has 0 unspecified atom stereocenters. The summed E-state index contributed by atoms with van der Waals surface area (Å²) in [6, 6.07) is 9.97. The summed E-state index contributed by atoms with van der Waals surface area (Å²) in [6.45, 7) is 2.57. The third-order valence-electron chi connectivity index (χ3n) is 3.03. The molecule has 1 saturated heterocycles. The number of hydrogen-bond donors (Lipinski definition) is 2. The average molecular weight is 256 g/mol. The van der Waals surface area contributed by atoms with Crippen LogP contribution in [-0.4, -0.2) is 29.7 Å². The second-order valence-corrected chi connectivity index (χ2v) is 4.38. The minimum Gasteiger partial charge on any atom is -0.371 e. The number of aromatic nitrogens is 2. The summed E-state index contributed by atoms with van der Waals surface area (Å²) < 4.78 is 5.71. The molecule has 2 aromatic rings. The average Bonchev–Trinajstić information content (AvgIpc) is 2.50. The maximum absolute atomic E-state index is 5.71. The summed E-state index contributed by atoms with van der Waals surface area (Å²) >= 11 is 0. The molecule has 1 fully saturated rings. The van der Waals surface area contributed by atoms with E-state index in [1.165, 1.54) is 5.56 Å². The molecule has 0 amide bonds. The highest BCUT2D eigenvalue weighted by atomic mass is 16.5. The maximum atomic E-state index is 5.71. The number of rotatable bonds is 3. The molecule has 0 saturated carbocycles. The maximum Gasteiger partial charge on any atom is 0.227 e. The highest BCUT2D eigenvalue weighted by molar-refractivity contribution is 5.53. The van der Waals surface area contributed by atoms with Gasteiger partial charge in [0.15, 0.2) is 0 Å². The van der Waals surface area contributed by atoms with Crippen LogP contribution in [0.2, 0.25) is 0 Å². The molecule has 0 aliphatic carbocycles. The molecular formula is C14H16N4O. The number of morpholine rings is 1. The Bertz CT molecular complexity index is 509. The number of nitrogens with zero attached hydrogens (tertiary/aromatic N) is 2. The summed E-state index contributed by atoms with van der Waals surface area (Å²) in [5.41, 5.74) is 2.16. The topological polar surface area (TPSA) is 59.1 Å². The van der Waals surface area contributed by atoms with Crippen LogP contribution >= 0.6 is 0 Å². The number of benzene rings is 1. The number of anilines is 2. The molecule has 0 bridgehead atoms. The summed E-state index contributed by atoms with van der Waals surface area (Å²) in [4.78, 5) is 8.26. The van der Waals surface area contributed by atoms with Crippen LogP contribution in [0.15, 0.2) is 42.7 Å². The minimum atomic E-state index is 0.149. The van der Waals surface area contributed by atoms with Gasteiger partial charge in [-0.15, -0.1) is 0 Å². The molecule has 5 heteroatoms. The lowest BCUT2D eigenvalue weighted by Crippen LogP contribution is -2.33. The smallest absolute Gasteiger partial charge is 0.227 e. The summed E-state index contributed by atoms with van der Waals surface area (Å²) in [6.07, 6.45) is 3.58. The Labute approximate surface area is 112 Å². The van der Waals surface area contributed by atoms with Crippen molar-refractivity contribution in [3.63, 3.8) is 0 Å². The normalized spacial score (nSPS) is 19.1. The van der Waals surface area contributed by atoms with E-state index < -0.39 is 0 Å². The van der Waals surface area contributed by atoms with Gasteiger partial charge in [0.1, 0.15) is 0 Å². The van der Waals surface area contributed by atoms with Crippen LogP contribution in [0.1, 0.15) is 11.7 Å². The van der Waals surface area contributed by atoms with Gasteiger partial charge in [0.25, 0.3) is 0 Å². The van der Waals surface area contributed by atoms with Crippen LogP contribution in [0.3, 0.4) is 0 Å². The van der Waals surface area contributed by atoms with Crippen molar-refractivity contribution >= 4 is 11.6 Å². The molecular weight excluding hydrogens is 240 g/mol. The minimum absolute atomic E-state index is 0.149.